The zero-order valence-corrected chi connectivity index (χ0v) is 12.6. The summed E-state index contributed by atoms with van der Waals surface area (Å²) >= 11 is 1.81. The SMILES string of the molecule is CCNCc1sc(Cc2ccccn2)nc1C(C)C. The van der Waals surface area contributed by atoms with Gasteiger partial charge in [0, 0.05) is 29.7 Å². The monoisotopic (exact) mass is 275 g/mol. The summed E-state index contributed by atoms with van der Waals surface area (Å²) in [7, 11) is 0. The number of nitrogens with one attached hydrogen (secondary N) is 1. The third-order valence-corrected chi connectivity index (χ3v) is 3.98. The van der Waals surface area contributed by atoms with E-state index in [9.17, 15) is 0 Å². The van der Waals surface area contributed by atoms with Crippen molar-refractivity contribution in [2.24, 2.45) is 0 Å². The average Bonchev–Trinajstić information content (AvgIpc) is 2.80. The van der Waals surface area contributed by atoms with Crippen LogP contribution in [0.4, 0.5) is 0 Å². The molecular weight excluding hydrogens is 254 g/mol. The van der Waals surface area contributed by atoms with Crippen molar-refractivity contribution in [2.75, 3.05) is 6.54 Å². The third kappa shape index (κ3) is 3.85. The van der Waals surface area contributed by atoms with Gasteiger partial charge in [0.15, 0.2) is 0 Å². The second-order valence-corrected chi connectivity index (χ2v) is 6.02. The summed E-state index contributed by atoms with van der Waals surface area (Å²) in [6.07, 6.45) is 2.67. The summed E-state index contributed by atoms with van der Waals surface area (Å²) in [5.41, 5.74) is 2.32. The van der Waals surface area contributed by atoms with Crippen LogP contribution in [-0.2, 0) is 13.0 Å². The molecule has 0 unspecified atom stereocenters. The minimum atomic E-state index is 0.474. The van der Waals surface area contributed by atoms with Gasteiger partial charge in [-0.2, -0.15) is 0 Å². The van der Waals surface area contributed by atoms with Crippen LogP contribution in [0.15, 0.2) is 24.4 Å². The number of nitrogens with zero attached hydrogens (tertiary/aromatic N) is 2. The van der Waals surface area contributed by atoms with Crippen molar-refractivity contribution in [2.45, 2.75) is 39.7 Å². The first kappa shape index (κ1) is 14.2. The Balaban J connectivity index is 2.17. The van der Waals surface area contributed by atoms with E-state index in [-0.39, 0.29) is 0 Å². The van der Waals surface area contributed by atoms with Crippen LogP contribution < -0.4 is 5.32 Å². The number of hydrogen-bond donors (Lipinski definition) is 1. The van der Waals surface area contributed by atoms with Crippen LogP contribution in [0.1, 0.15) is 48.0 Å². The van der Waals surface area contributed by atoms with E-state index in [2.05, 4.69) is 37.1 Å². The molecule has 1 N–H and O–H groups in total. The van der Waals surface area contributed by atoms with Gasteiger partial charge < -0.3 is 5.32 Å². The van der Waals surface area contributed by atoms with Gasteiger partial charge in [0.25, 0.3) is 0 Å². The van der Waals surface area contributed by atoms with Crippen LogP contribution in [-0.4, -0.2) is 16.5 Å². The molecule has 0 aromatic carbocycles. The van der Waals surface area contributed by atoms with Crippen molar-refractivity contribution in [3.05, 3.63) is 45.7 Å². The van der Waals surface area contributed by atoms with E-state index < -0.39 is 0 Å². The molecule has 0 fully saturated rings. The fourth-order valence-corrected chi connectivity index (χ4v) is 3.17. The highest BCUT2D eigenvalue weighted by Crippen LogP contribution is 2.26. The van der Waals surface area contributed by atoms with Gasteiger partial charge in [0.2, 0.25) is 0 Å². The van der Waals surface area contributed by atoms with Crippen LogP contribution in [0, 0.1) is 0 Å². The lowest BCUT2D eigenvalue weighted by Crippen LogP contribution is -2.12. The lowest BCUT2D eigenvalue weighted by atomic mass is 10.1. The van der Waals surface area contributed by atoms with Gasteiger partial charge in [-0.25, -0.2) is 4.98 Å². The summed E-state index contributed by atoms with van der Waals surface area (Å²) in [6.45, 7) is 8.45. The Bertz CT molecular complexity index is 505. The molecule has 0 spiro atoms. The second-order valence-electron chi connectivity index (χ2n) is 4.85. The van der Waals surface area contributed by atoms with Gasteiger partial charge in [-0.3, -0.25) is 4.98 Å². The summed E-state index contributed by atoms with van der Waals surface area (Å²) in [6, 6.07) is 6.03. The predicted octanol–water partition coefficient (Wildman–Crippen LogP) is 3.36. The van der Waals surface area contributed by atoms with Gasteiger partial charge in [-0.05, 0) is 24.6 Å². The Morgan fingerprint density at radius 2 is 2.16 bits per heavy atom. The average molecular weight is 275 g/mol. The van der Waals surface area contributed by atoms with Gasteiger partial charge in [-0.15, -0.1) is 11.3 Å². The van der Waals surface area contributed by atoms with E-state index in [1.165, 1.54) is 10.6 Å². The Labute approximate surface area is 119 Å². The van der Waals surface area contributed by atoms with Crippen molar-refractivity contribution >= 4 is 11.3 Å². The lowest BCUT2D eigenvalue weighted by Gasteiger charge is -2.04. The first-order chi connectivity index (χ1) is 9.20. The molecule has 0 radical (unpaired) electrons. The largest absolute Gasteiger partial charge is 0.312 e. The van der Waals surface area contributed by atoms with Gasteiger partial charge in [0.05, 0.1) is 10.7 Å². The second kappa shape index (κ2) is 6.78. The Kier molecular flexibility index (Phi) is 5.05. The highest BCUT2D eigenvalue weighted by molar-refractivity contribution is 7.11. The van der Waals surface area contributed by atoms with Crippen molar-refractivity contribution in [3.63, 3.8) is 0 Å². The summed E-state index contributed by atoms with van der Waals surface area (Å²) in [5, 5.41) is 4.55. The molecular formula is C15H21N3S. The zero-order chi connectivity index (χ0) is 13.7. The summed E-state index contributed by atoms with van der Waals surface area (Å²) in [4.78, 5) is 10.5. The molecule has 19 heavy (non-hydrogen) atoms. The van der Waals surface area contributed by atoms with Crippen LogP contribution in [0.2, 0.25) is 0 Å². The minimum Gasteiger partial charge on any atom is -0.312 e. The van der Waals surface area contributed by atoms with Crippen LogP contribution in [0.5, 0.6) is 0 Å². The van der Waals surface area contributed by atoms with E-state index in [1.807, 2.05) is 29.7 Å². The standard InChI is InChI=1S/C15H21N3S/c1-4-16-10-13-15(11(2)3)18-14(19-13)9-12-7-5-6-8-17-12/h5-8,11,16H,4,9-10H2,1-3H3. The molecule has 2 aromatic rings. The molecule has 2 heterocycles. The number of rotatable bonds is 6. The smallest absolute Gasteiger partial charge is 0.0991 e. The van der Waals surface area contributed by atoms with Crippen molar-refractivity contribution in [1.29, 1.82) is 0 Å². The maximum Gasteiger partial charge on any atom is 0.0991 e. The quantitative estimate of drug-likeness (QED) is 0.878. The molecule has 0 aliphatic heterocycles. The van der Waals surface area contributed by atoms with Gasteiger partial charge in [0.1, 0.15) is 0 Å². The maximum absolute atomic E-state index is 4.80. The number of thiazole rings is 1. The fourth-order valence-electron chi connectivity index (χ4n) is 1.96. The van der Waals surface area contributed by atoms with Crippen molar-refractivity contribution in [1.82, 2.24) is 15.3 Å². The highest BCUT2D eigenvalue weighted by Gasteiger charge is 2.14. The number of hydrogen-bond acceptors (Lipinski definition) is 4. The molecule has 0 saturated heterocycles. The lowest BCUT2D eigenvalue weighted by molar-refractivity contribution is 0.713. The Morgan fingerprint density at radius 3 is 2.79 bits per heavy atom. The number of pyridine rings is 1. The van der Waals surface area contributed by atoms with Gasteiger partial charge in [-0.1, -0.05) is 26.8 Å². The Morgan fingerprint density at radius 1 is 1.32 bits per heavy atom. The van der Waals surface area contributed by atoms with Crippen LogP contribution in [0.25, 0.3) is 0 Å². The molecule has 4 heteroatoms. The van der Waals surface area contributed by atoms with Crippen molar-refractivity contribution in [3.8, 4) is 0 Å². The first-order valence-electron chi connectivity index (χ1n) is 6.79. The molecule has 0 atom stereocenters. The number of aromatic nitrogens is 2. The maximum atomic E-state index is 4.80. The van der Waals surface area contributed by atoms with Gasteiger partial charge >= 0.3 is 0 Å². The topological polar surface area (TPSA) is 37.8 Å². The molecule has 0 aliphatic rings. The van der Waals surface area contributed by atoms with Crippen LogP contribution in [0.3, 0.4) is 0 Å². The molecule has 0 bridgehead atoms. The molecule has 2 aromatic heterocycles. The molecule has 2 rings (SSSR count). The summed E-state index contributed by atoms with van der Waals surface area (Å²) < 4.78 is 0. The summed E-state index contributed by atoms with van der Waals surface area (Å²) in [5.74, 6) is 0.474. The van der Waals surface area contributed by atoms with Crippen LogP contribution >= 0.6 is 11.3 Å². The molecule has 0 saturated carbocycles. The predicted molar refractivity (Wildman–Crippen MR) is 80.6 cm³/mol. The van der Waals surface area contributed by atoms with E-state index >= 15 is 0 Å². The zero-order valence-electron chi connectivity index (χ0n) is 11.8. The molecule has 3 nitrogen and oxygen atoms in total. The molecule has 102 valence electrons. The van der Waals surface area contributed by atoms with E-state index in [0.29, 0.717) is 5.92 Å². The first-order valence-corrected chi connectivity index (χ1v) is 7.61. The van der Waals surface area contributed by atoms with E-state index in [4.69, 9.17) is 4.98 Å². The highest BCUT2D eigenvalue weighted by atomic mass is 32.1. The van der Waals surface area contributed by atoms with E-state index in [1.54, 1.807) is 0 Å². The normalized spacial score (nSPS) is 11.2. The van der Waals surface area contributed by atoms with E-state index in [0.717, 1.165) is 30.2 Å². The van der Waals surface area contributed by atoms with Crippen molar-refractivity contribution < 1.29 is 0 Å². The Hall–Kier alpha value is -1.26. The molecule has 0 amide bonds. The molecule has 0 aliphatic carbocycles. The fraction of sp³-hybridized carbons (Fsp3) is 0.467. The minimum absolute atomic E-state index is 0.474. The third-order valence-electron chi connectivity index (χ3n) is 2.91.